The quantitative estimate of drug-likeness (QED) is 0.192. The third-order valence-corrected chi connectivity index (χ3v) is 6.62. The van der Waals surface area contributed by atoms with Crippen molar-refractivity contribution in [2.24, 2.45) is 0 Å². The molecule has 2 aromatic heterocycles. The summed E-state index contributed by atoms with van der Waals surface area (Å²) in [6.45, 7) is 6.38. The second kappa shape index (κ2) is 8.57. The number of thioether (sulfide) groups is 1. The highest BCUT2D eigenvalue weighted by Gasteiger charge is 2.17. The van der Waals surface area contributed by atoms with Crippen LogP contribution in [0.2, 0.25) is 5.02 Å². The summed E-state index contributed by atoms with van der Waals surface area (Å²) in [5, 5.41) is 4.05. The van der Waals surface area contributed by atoms with E-state index in [4.69, 9.17) is 16.6 Å². The number of fused-ring (bicyclic) bond motifs is 1. The molecule has 2 heterocycles. The van der Waals surface area contributed by atoms with Gasteiger partial charge >= 0.3 is 0 Å². The Labute approximate surface area is 182 Å². The minimum absolute atomic E-state index is 0.0280. The predicted molar refractivity (Wildman–Crippen MR) is 125 cm³/mol. The smallest absolute Gasteiger partial charge is 0.263 e. The summed E-state index contributed by atoms with van der Waals surface area (Å²) in [5.74, 6) is 0.754. The van der Waals surface area contributed by atoms with Gasteiger partial charge in [0.15, 0.2) is 5.16 Å². The number of allylic oxidation sites excluding steroid dienone is 1. The fraction of sp³-hybridized carbons (Fsp3) is 0.130. The Morgan fingerprint density at radius 1 is 1.17 bits per heavy atom. The van der Waals surface area contributed by atoms with Gasteiger partial charge in [-0.1, -0.05) is 78.0 Å². The maximum absolute atomic E-state index is 13.5. The van der Waals surface area contributed by atoms with E-state index < -0.39 is 0 Å². The molecule has 3 nitrogen and oxygen atoms in total. The molecule has 0 bridgehead atoms. The van der Waals surface area contributed by atoms with Crippen molar-refractivity contribution in [3.8, 4) is 11.1 Å². The third kappa shape index (κ3) is 4.32. The molecule has 29 heavy (non-hydrogen) atoms. The molecular formula is C23H19ClN2OS2. The van der Waals surface area contributed by atoms with E-state index in [1.807, 2.05) is 54.8 Å². The zero-order valence-corrected chi connectivity index (χ0v) is 18.3. The fourth-order valence-corrected chi connectivity index (χ4v) is 5.16. The van der Waals surface area contributed by atoms with Crippen LogP contribution in [0.5, 0.6) is 0 Å². The number of benzene rings is 2. The molecule has 0 amide bonds. The highest BCUT2D eigenvalue weighted by atomic mass is 35.5. The van der Waals surface area contributed by atoms with Crippen LogP contribution in [0.15, 0.2) is 82.1 Å². The summed E-state index contributed by atoms with van der Waals surface area (Å²) in [7, 11) is 0. The van der Waals surface area contributed by atoms with Crippen LogP contribution < -0.4 is 5.56 Å². The first-order valence-electron chi connectivity index (χ1n) is 9.12. The molecule has 0 radical (unpaired) electrons. The molecule has 4 rings (SSSR count). The van der Waals surface area contributed by atoms with Crippen LogP contribution in [0.4, 0.5) is 0 Å². The van der Waals surface area contributed by atoms with Crippen LogP contribution in [0.3, 0.4) is 0 Å². The monoisotopic (exact) mass is 438 g/mol. The summed E-state index contributed by atoms with van der Waals surface area (Å²) in [6.07, 6.45) is 0. The highest BCUT2D eigenvalue weighted by molar-refractivity contribution is 7.98. The topological polar surface area (TPSA) is 34.9 Å². The molecule has 0 aliphatic heterocycles. The first-order valence-corrected chi connectivity index (χ1v) is 11.4. The Bertz CT molecular complexity index is 1230. The molecule has 0 aliphatic carbocycles. The molecule has 0 saturated heterocycles. The standard InChI is InChI=1S/C23H19ClN2OS2/c1-15(2)12-26-22(27)20-19(17-8-10-18(24)11-9-17)14-28-21(20)25-23(26)29-13-16-6-4-3-5-7-16/h3-11,14H,1,12-13H2,2H3. The number of hydrogen-bond donors (Lipinski definition) is 0. The van der Waals surface area contributed by atoms with Gasteiger partial charge in [0, 0.05) is 28.3 Å². The van der Waals surface area contributed by atoms with Crippen LogP contribution in [0.1, 0.15) is 12.5 Å². The van der Waals surface area contributed by atoms with Gasteiger partial charge in [-0.2, -0.15) is 0 Å². The maximum Gasteiger partial charge on any atom is 0.263 e. The summed E-state index contributed by atoms with van der Waals surface area (Å²) in [5.41, 5.74) is 3.94. The van der Waals surface area contributed by atoms with Gasteiger partial charge in [-0.15, -0.1) is 11.3 Å². The van der Waals surface area contributed by atoms with Crippen LogP contribution in [0.25, 0.3) is 21.3 Å². The Kier molecular flexibility index (Phi) is 5.90. The Balaban J connectivity index is 1.81. The van der Waals surface area contributed by atoms with Gasteiger partial charge in [-0.3, -0.25) is 9.36 Å². The molecule has 4 aromatic rings. The van der Waals surface area contributed by atoms with E-state index in [2.05, 4.69) is 18.7 Å². The number of nitrogens with zero attached hydrogens (tertiary/aromatic N) is 2. The molecule has 6 heteroatoms. The lowest BCUT2D eigenvalue weighted by molar-refractivity contribution is 0.652. The lowest BCUT2D eigenvalue weighted by atomic mass is 10.1. The minimum Gasteiger partial charge on any atom is -0.283 e. The van der Waals surface area contributed by atoms with Crippen molar-refractivity contribution in [3.63, 3.8) is 0 Å². The molecule has 0 saturated carbocycles. The lowest BCUT2D eigenvalue weighted by Gasteiger charge is -2.12. The minimum atomic E-state index is -0.0280. The first kappa shape index (κ1) is 20.0. The van der Waals surface area contributed by atoms with E-state index in [9.17, 15) is 4.79 Å². The van der Waals surface area contributed by atoms with E-state index in [0.29, 0.717) is 17.0 Å². The van der Waals surface area contributed by atoms with Crippen molar-refractivity contribution in [2.75, 3.05) is 0 Å². The van der Waals surface area contributed by atoms with Crippen molar-refractivity contribution in [2.45, 2.75) is 24.4 Å². The second-order valence-corrected chi connectivity index (χ2v) is 9.09. The van der Waals surface area contributed by atoms with Crippen molar-refractivity contribution >= 4 is 44.9 Å². The van der Waals surface area contributed by atoms with Crippen molar-refractivity contribution in [3.05, 3.63) is 93.1 Å². The third-order valence-electron chi connectivity index (χ3n) is 4.45. The highest BCUT2D eigenvalue weighted by Crippen LogP contribution is 2.33. The number of rotatable bonds is 6. The van der Waals surface area contributed by atoms with Crippen LogP contribution in [-0.4, -0.2) is 9.55 Å². The normalized spacial score (nSPS) is 11.1. The van der Waals surface area contributed by atoms with E-state index in [1.165, 1.54) is 16.9 Å². The van der Waals surface area contributed by atoms with Crippen molar-refractivity contribution < 1.29 is 0 Å². The second-order valence-electron chi connectivity index (χ2n) is 6.85. The number of hydrogen-bond acceptors (Lipinski definition) is 4. The average molecular weight is 439 g/mol. The molecule has 0 N–H and O–H groups in total. The maximum atomic E-state index is 13.5. The van der Waals surface area contributed by atoms with Crippen LogP contribution in [0, 0.1) is 0 Å². The molecule has 146 valence electrons. The molecular weight excluding hydrogens is 420 g/mol. The predicted octanol–water partition coefficient (Wildman–Crippen LogP) is 6.65. The van der Waals surface area contributed by atoms with Gasteiger partial charge in [0.1, 0.15) is 4.83 Å². The Morgan fingerprint density at radius 3 is 2.59 bits per heavy atom. The number of aromatic nitrogens is 2. The summed E-state index contributed by atoms with van der Waals surface area (Å²) in [6, 6.07) is 17.7. The SMILES string of the molecule is C=C(C)Cn1c(SCc2ccccc2)nc2scc(-c3ccc(Cl)cc3)c2c1=O. The molecule has 0 atom stereocenters. The Hall–Kier alpha value is -2.34. The van der Waals surface area contributed by atoms with Gasteiger partial charge in [-0.25, -0.2) is 4.98 Å². The van der Waals surface area contributed by atoms with Crippen molar-refractivity contribution in [1.82, 2.24) is 9.55 Å². The van der Waals surface area contributed by atoms with Gasteiger partial charge in [0.25, 0.3) is 5.56 Å². The molecule has 0 aliphatic rings. The summed E-state index contributed by atoms with van der Waals surface area (Å²) >= 11 is 9.10. The number of thiophene rings is 1. The number of halogens is 1. The van der Waals surface area contributed by atoms with E-state index in [0.717, 1.165) is 32.4 Å². The van der Waals surface area contributed by atoms with Gasteiger partial charge in [0.2, 0.25) is 0 Å². The van der Waals surface area contributed by atoms with Gasteiger partial charge < -0.3 is 0 Å². The largest absolute Gasteiger partial charge is 0.283 e. The zero-order chi connectivity index (χ0) is 20.4. The molecule has 0 unspecified atom stereocenters. The molecule has 0 fully saturated rings. The average Bonchev–Trinajstić information content (AvgIpc) is 3.14. The molecule has 0 spiro atoms. The van der Waals surface area contributed by atoms with E-state index in [1.54, 1.807) is 16.3 Å². The van der Waals surface area contributed by atoms with E-state index >= 15 is 0 Å². The summed E-state index contributed by atoms with van der Waals surface area (Å²) in [4.78, 5) is 19.1. The molecule has 2 aromatic carbocycles. The Morgan fingerprint density at radius 2 is 1.90 bits per heavy atom. The zero-order valence-electron chi connectivity index (χ0n) is 15.9. The van der Waals surface area contributed by atoms with Crippen LogP contribution in [-0.2, 0) is 12.3 Å². The summed E-state index contributed by atoms with van der Waals surface area (Å²) < 4.78 is 1.74. The fourth-order valence-electron chi connectivity index (χ4n) is 3.09. The van der Waals surface area contributed by atoms with E-state index in [-0.39, 0.29) is 5.56 Å². The van der Waals surface area contributed by atoms with Gasteiger partial charge in [0.05, 0.1) is 5.39 Å². The first-order chi connectivity index (χ1) is 14.0. The van der Waals surface area contributed by atoms with Crippen molar-refractivity contribution in [1.29, 1.82) is 0 Å². The van der Waals surface area contributed by atoms with Crippen LogP contribution >= 0.6 is 34.7 Å². The van der Waals surface area contributed by atoms with Gasteiger partial charge in [-0.05, 0) is 30.2 Å². The lowest BCUT2D eigenvalue weighted by Crippen LogP contribution is -2.23.